The van der Waals surface area contributed by atoms with Crippen LogP contribution in [0, 0.1) is 0 Å². The van der Waals surface area contributed by atoms with E-state index in [0.29, 0.717) is 0 Å². The number of nitrogens with two attached hydrogens (primary N) is 1. The molecule has 0 aliphatic carbocycles. The van der Waals surface area contributed by atoms with Crippen LogP contribution in [0.1, 0.15) is 12.8 Å². The average Bonchev–Trinajstić information content (AvgIpc) is 2.45. The van der Waals surface area contributed by atoms with Crippen LogP contribution >= 0.6 is 11.8 Å². The third-order valence-corrected chi connectivity index (χ3v) is 3.08. The van der Waals surface area contributed by atoms with Crippen LogP contribution < -0.4 is 5.73 Å². The molecule has 80 valence electrons. The minimum absolute atomic E-state index is 0.0150. The Morgan fingerprint density at radius 1 is 1.50 bits per heavy atom. The maximum atomic E-state index is 11.6. The largest absolute Gasteiger partial charge is 0.409 e. The lowest BCUT2D eigenvalue weighted by molar-refractivity contribution is -0.129. The molecule has 1 saturated heterocycles. The molecule has 0 spiro atoms. The van der Waals surface area contributed by atoms with Crippen molar-refractivity contribution < 1.29 is 10.0 Å². The van der Waals surface area contributed by atoms with Gasteiger partial charge in [-0.1, -0.05) is 5.16 Å². The molecule has 3 N–H and O–H groups in total. The number of amides is 1. The lowest BCUT2D eigenvalue weighted by atomic mass is 10.3. The van der Waals surface area contributed by atoms with Crippen LogP contribution in [-0.4, -0.2) is 46.4 Å². The Hall–Kier alpha value is -0.910. The normalized spacial score (nSPS) is 19.1. The summed E-state index contributed by atoms with van der Waals surface area (Å²) >= 11 is 1.86. The van der Waals surface area contributed by atoms with Gasteiger partial charge < -0.3 is 15.8 Å². The fraction of sp³-hybridized carbons (Fsp3) is 0.750. The van der Waals surface area contributed by atoms with E-state index in [4.69, 9.17) is 10.9 Å². The van der Waals surface area contributed by atoms with Crippen molar-refractivity contribution in [1.82, 2.24) is 4.90 Å². The predicted molar refractivity (Wildman–Crippen MR) is 56.5 cm³/mol. The van der Waals surface area contributed by atoms with Crippen molar-refractivity contribution in [3.63, 3.8) is 0 Å². The van der Waals surface area contributed by atoms with E-state index in [1.165, 1.54) is 0 Å². The topological polar surface area (TPSA) is 78.9 Å². The number of carbonyl (C=O) groups excluding carboxylic acids is 1. The molecule has 0 bridgehead atoms. The van der Waals surface area contributed by atoms with E-state index in [0.717, 1.165) is 31.0 Å². The van der Waals surface area contributed by atoms with Crippen molar-refractivity contribution in [1.29, 1.82) is 0 Å². The van der Waals surface area contributed by atoms with Crippen LogP contribution in [-0.2, 0) is 4.79 Å². The van der Waals surface area contributed by atoms with Gasteiger partial charge in [-0.25, -0.2) is 0 Å². The molecule has 5 nitrogen and oxygen atoms in total. The fourth-order valence-corrected chi connectivity index (χ4v) is 2.18. The molecule has 0 aromatic carbocycles. The Labute approximate surface area is 87.3 Å². The summed E-state index contributed by atoms with van der Waals surface area (Å²) in [4.78, 5) is 13.3. The zero-order valence-corrected chi connectivity index (χ0v) is 8.79. The highest BCUT2D eigenvalue weighted by Gasteiger charge is 2.16. The van der Waals surface area contributed by atoms with Crippen LogP contribution in [0.5, 0.6) is 0 Å². The van der Waals surface area contributed by atoms with Crippen molar-refractivity contribution in [3.8, 4) is 0 Å². The van der Waals surface area contributed by atoms with Gasteiger partial charge in [-0.15, -0.1) is 0 Å². The molecule has 0 unspecified atom stereocenters. The minimum atomic E-state index is -0.0530. The van der Waals surface area contributed by atoms with Gasteiger partial charge in [0, 0.05) is 18.8 Å². The minimum Gasteiger partial charge on any atom is -0.409 e. The zero-order chi connectivity index (χ0) is 10.4. The summed E-state index contributed by atoms with van der Waals surface area (Å²) in [6.45, 7) is 1.55. The molecule has 6 heteroatoms. The van der Waals surface area contributed by atoms with E-state index in [1.54, 1.807) is 4.90 Å². The van der Waals surface area contributed by atoms with Gasteiger partial charge in [0.2, 0.25) is 5.91 Å². The van der Waals surface area contributed by atoms with E-state index in [9.17, 15) is 4.79 Å². The number of thioether (sulfide) groups is 1. The maximum absolute atomic E-state index is 11.6. The molecule has 1 aliphatic rings. The number of carbonyl (C=O) groups is 1. The number of nitrogens with zero attached hydrogens (tertiary/aromatic N) is 2. The van der Waals surface area contributed by atoms with Gasteiger partial charge in [0.25, 0.3) is 0 Å². The monoisotopic (exact) mass is 217 g/mol. The van der Waals surface area contributed by atoms with Crippen molar-refractivity contribution in [2.45, 2.75) is 12.8 Å². The first-order valence-corrected chi connectivity index (χ1v) is 5.71. The van der Waals surface area contributed by atoms with Crippen molar-refractivity contribution in [3.05, 3.63) is 0 Å². The van der Waals surface area contributed by atoms with Crippen LogP contribution in [0.3, 0.4) is 0 Å². The second-order valence-corrected chi connectivity index (χ2v) is 4.34. The molecule has 1 heterocycles. The van der Waals surface area contributed by atoms with E-state index < -0.39 is 0 Å². The van der Waals surface area contributed by atoms with Crippen LogP contribution in [0.2, 0.25) is 0 Å². The quantitative estimate of drug-likeness (QED) is 0.297. The molecular formula is C8H15N3O2S. The summed E-state index contributed by atoms with van der Waals surface area (Å²) in [5.41, 5.74) is 5.27. The van der Waals surface area contributed by atoms with Gasteiger partial charge in [-0.2, -0.15) is 11.8 Å². The Morgan fingerprint density at radius 2 is 2.29 bits per heavy atom. The smallest absolute Gasteiger partial charge is 0.230 e. The van der Waals surface area contributed by atoms with E-state index in [2.05, 4.69) is 5.16 Å². The molecule has 0 aromatic heterocycles. The molecular weight excluding hydrogens is 202 g/mol. The number of hydrogen-bond donors (Lipinski definition) is 2. The summed E-state index contributed by atoms with van der Waals surface area (Å²) in [5.74, 6) is 2.00. The third kappa shape index (κ3) is 3.45. The first-order valence-electron chi connectivity index (χ1n) is 4.56. The Balaban J connectivity index is 2.42. The summed E-state index contributed by atoms with van der Waals surface area (Å²) < 4.78 is 0. The van der Waals surface area contributed by atoms with Crippen molar-refractivity contribution >= 4 is 23.5 Å². The molecule has 1 rings (SSSR count). The molecule has 1 aliphatic heterocycles. The van der Waals surface area contributed by atoms with Crippen molar-refractivity contribution in [2.75, 3.05) is 24.6 Å². The summed E-state index contributed by atoms with van der Waals surface area (Å²) in [5, 5.41) is 11.1. The van der Waals surface area contributed by atoms with Gasteiger partial charge in [0.05, 0.1) is 6.42 Å². The van der Waals surface area contributed by atoms with Crippen LogP contribution in [0.15, 0.2) is 5.16 Å². The first-order chi connectivity index (χ1) is 6.74. The van der Waals surface area contributed by atoms with Gasteiger partial charge >= 0.3 is 0 Å². The van der Waals surface area contributed by atoms with Gasteiger partial charge in [0.15, 0.2) is 0 Å². The van der Waals surface area contributed by atoms with E-state index in [1.807, 2.05) is 11.8 Å². The highest BCUT2D eigenvalue weighted by atomic mass is 32.2. The zero-order valence-electron chi connectivity index (χ0n) is 7.98. The summed E-state index contributed by atoms with van der Waals surface area (Å²) in [7, 11) is 0. The summed E-state index contributed by atoms with van der Waals surface area (Å²) in [6, 6.07) is 0. The lowest BCUT2D eigenvalue weighted by Crippen LogP contribution is -2.35. The average molecular weight is 217 g/mol. The Morgan fingerprint density at radius 3 is 3.00 bits per heavy atom. The molecule has 0 saturated carbocycles. The maximum Gasteiger partial charge on any atom is 0.230 e. The number of amidine groups is 1. The van der Waals surface area contributed by atoms with Crippen LogP contribution in [0.25, 0.3) is 0 Å². The molecule has 1 fully saturated rings. The fourth-order valence-electron chi connectivity index (χ4n) is 1.30. The van der Waals surface area contributed by atoms with Crippen molar-refractivity contribution in [2.24, 2.45) is 10.9 Å². The first kappa shape index (κ1) is 11.2. The van der Waals surface area contributed by atoms with Crippen LogP contribution in [0.4, 0.5) is 0 Å². The van der Waals surface area contributed by atoms with Gasteiger partial charge in [-0.05, 0) is 12.2 Å². The second-order valence-electron chi connectivity index (χ2n) is 3.11. The number of rotatable bonds is 2. The standard InChI is InChI=1S/C8H15N3O2S/c9-7(10-13)6-8(12)11-2-1-4-14-5-3-11/h13H,1-6H2,(H2,9,10). The summed E-state index contributed by atoms with van der Waals surface area (Å²) in [6.07, 6.45) is 1.04. The third-order valence-electron chi connectivity index (χ3n) is 2.04. The highest BCUT2D eigenvalue weighted by molar-refractivity contribution is 7.99. The molecule has 0 aromatic rings. The number of oxime groups is 1. The predicted octanol–water partition coefficient (Wildman–Crippen LogP) is 0.0884. The highest BCUT2D eigenvalue weighted by Crippen LogP contribution is 2.10. The molecule has 14 heavy (non-hydrogen) atoms. The Kier molecular flexibility index (Phi) is 4.58. The molecule has 0 radical (unpaired) electrons. The van der Waals surface area contributed by atoms with Gasteiger partial charge in [-0.3, -0.25) is 4.79 Å². The molecule has 1 amide bonds. The second kappa shape index (κ2) is 5.74. The SMILES string of the molecule is NC(CC(=O)N1CCCSCC1)=NO. The molecule has 0 atom stereocenters. The number of hydrogen-bond acceptors (Lipinski definition) is 4. The van der Waals surface area contributed by atoms with Gasteiger partial charge in [0.1, 0.15) is 5.84 Å². The lowest BCUT2D eigenvalue weighted by Gasteiger charge is -2.19. The van der Waals surface area contributed by atoms with E-state index in [-0.39, 0.29) is 18.2 Å². The Bertz CT molecular complexity index is 225. The van der Waals surface area contributed by atoms with E-state index >= 15 is 0 Å².